The predicted molar refractivity (Wildman–Crippen MR) is 86.0 cm³/mol. The van der Waals surface area contributed by atoms with E-state index in [1.54, 1.807) is 6.33 Å². The van der Waals surface area contributed by atoms with Crippen LogP contribution in [0.15, 0.2) is 12.4 Å². The molecule has 0 radical (unpaired) electrons. The van der Waals surface area contributed by atoms with E-state index >= 15 is 0 Å². The first-order chi connectivity index (χ1) is 10.2. The minimum absolute atomic E-state index is 0.625. The summed E-state index contributed by atoms with van der Waals surface area (Å²) in [5, 5.41) is 0. The van der Waals surface area contributed by atoms with Crippen LogP contribution in [-0.4, -0.2) is 85.7 Å². The highest BCUT2D eigenvalue weighted by molar-refractivity contribution is 5.50. The van der Waals surface area contributed by atoms with Crippen molar-refractivity contribution in [3.8, 4) is 0 Å². The Morgan fingerprint density at radius 1 is 1.19 bits per heavy atom. The Bertz CT molecular complexity index is 479. The molecule has 3 rings (SSSR count). The van der Waals surface area contributed by atoms with Gasteiger partial charge in [0.25, 0.3) is 0 Å². The summed E-state index contributed by atoms with van der Waals surface area (Å²) in [4.78, 5) is 18.5. The Kier molecular flexibility index (Phi) is 4.26. The van der Waals surface area contributed by atoms with Crippen molar-refractivity contribution >= 4 is 11.6 Å². The van der Waals surface area contributed by atoms with Gasteiger partial charge in [-0.25, -0.2) is 9.97 Å². The lowest BCUT2D eigenvalue weighted by molar-refractivity contribution is 0.0804. The number of nitrogens with zero attached hydrogens (tertiary/aromatic N) is 6. The van der Waals surface area contributed by atoms with Crippen LogP contribution >= 0.6 is 0 Å². The van der Waals surface area contributed by atoms with Gasteiger partial charge in [0.05, 0.1) is 0 Å². The normalized spacial score (nSPS) is 24.0. The molecular formula is C15H26N6. The lowest BCUT2D eigenvalue weighted by Crippen LogP contribution is -2.61. The Morgan fingerprint density at radius 2 is 2.00 bits per heavy atom. The zero-order valence-corrected chi connectivity index (χ0v) is 13.4. The molecule has 6 heteroatoms. The maximum absolute atomic E-state index is 4.49. The molecule has 1 aromatic heterocycles. The second kappa shape index (κ2) is 6.15. The summed E-state index contributed by atoms with van der Waals surface area (Å²) in [6.45, 7) is 9.90. The van der Waals surface area contributed by atoms with Crippen LogP contribution in [0.2, 0.25) is 0 Å². The molecule has 0 bridgehead atoms. The van der Waals surface area contributed by atoms with Gasteiger partial charge in [-0.3, -0.25) is 4.90 Å². The smallest absolute Gasteiger partial charge is 0.134 e. The summed E-state index contributed by atoms with van der Waals surface area (Å²) in [5.41, 5.74) is 0. The van der Waals surface area contributed by atoms with Crippen molar-refractivity contribution in [2.75, 3.05) is 69.7 Å². The molecule has 2 aliphatic rings. The first-order valence-electron chi connectivity index (χ1n) is 7.88. The lowest BCUT2D eigenvalue weighted by atomic mass is 10.1. The third kappa shape index (κ3) is 3.11. The molecule has 21 heavy (non-hydrogen) atoms. The Labute approximate surface area is 127 Å². The quantitative estimate of drug-likeness (QED) is 0.801. The molecule has 0 N–H and O–H groups in total. The minimum atomic E-state index is 0.625. The highest BCUT2D eigenvalue weighted by Gasteiger charge is 2.31. The van der Waals surface area contributed by atoms with Gasteiger partial charge in [-0.05, 0) is 14.0 Å². The van der Waals surface area contributed by atoms with Crippen molar-refractivity contribution in [1.29, 1.82) is 0 Å². The van der Waals surface area contributed by atoms with Gasteiger partial charge in [-0.1, -0.05) is 0 Å². The summed E-state index contributed by atoms with van der Waals surface area (Å²) >= 11 is 0. The Morgan fingerprint density at radius 3 is 2.81 bits per heavy atom. The molecule has 2 aliphatic heterocycles. The summed E-state index contributed by atoms with van der Waals surface area (Å²) in [7, 11) is 4.29. The largest absolute Gasteiger partial charge is 0.360 e. The molecule has 1 unspecified atom stereocenters. The molecule has 0 spiro atoms. The van der Waals surface area contributed by atoms with E-state index in [2.05, 4.69) is 56.7 Å². The van der Waals surface area contributed by atoms with Gasteiger partial charge in [0, 0.05) is 65.0 Å². The number of rotatable bonds is 3. The second-order valence-electron chi connectivity index (χ2n) is 6.15. The highest BCUT2D eigenvalue weighted by atomic mass is 15.4. The van der Waals surface area contributed by atoms with Gasteiger partial charge < -0.3 is 14.7 Å². The highest BCUT2D eigenvalue weighted by Crippen LogP contribution is 2.21. The zero-order chi connectivity index (χ0) is 14.8. The van der Waals surface area contributed by atoms with Crippen molar-refractivity contribution in [3.63, 3.8) is 0 Å². The van der Waals surface area contributed by atoms with E-state index in [1.165, 1.54) is 13.1 Å². The van der Waals surface area contributed by atoms with Crippen LogP contribution in [0.1, 0.15) is 6.92 Å². The first kappa shape index (κ1) is 14.5. The lowest BCUT2D eigenvalue weighted by Gasteiger charge is -2.46. The van der Waals surface area contributed by atoms with E-state index in [1.807, 2.05) is 0 Å². The number of hydrogen-bond acceptors (Lipinski definition) is 6. The number of hydrogen-bond donors (Lipinski definition) is 0. The summed E-state index contributed by atoms with van der Waals surface area (Å²) in [6.07, 6.45) is 1.69. The average Bonchev–Trinajstić information content (AvgIpc) is 2.53. The van der Waals surface area contributed by atoms with Crippen molar-refractivity contribution in [3.05, 3.63) is 12.4 Å². The number of fused-ring (bicyclic) bond motifs is 1. The van der Waals surface area contributed by atoms with E-state index in [0.717, 1.165) is 44.4 Å². The molecule has 116 valence electrons. The molecule has 6 nitrogen and oxygen atoms in total. The molecule has 0 aromatic carbocycles. The molecule has 0 amide bonds. The number of likely N-dealkylation sites (N-methyl/N-ethyl adjacent to an activating group) is 1. The van der Waals surface area contributed by atoms with E-state index < -0.39 is 0 Å². The molecule has 1 aromatic rings. The van der Waals surface area contributed by atoms with Crippen LogP contribution in [0.25, 0.3) is 0 Å². The van der Waals surface area contributed by atoms with Crippen molar-refractivity contribution < 1.29 is 0 Å². The molecule has 0 saturated carbocycles. The third-order valence-electron chi connectivity index (χ3n) is 4.72. The van der Waals surface area contributed by atoms with E-state index in [9.17, 15) is 0 Å². The van der Waals surface area contributed by atoms with Crippen LogP contribution < -0.4 is 9.80 Å². The van der Waals surface area contributed by atoms with Crippen molar-refractivity contribution in [2.24, 2.45) is 0 Å². The fraction of sp³-hybridized carbons (Fsp3) is 0.733. The Balaban J connectivity index is 1.72. The summed E-state index contributed by atoms with van der Waals surface area (Å²) < 4.78 is 0. The maximum atomic E-state index is 4.49. The van der Waals surface area contributed by atoms with Gasteiger partial charge in [0.2, 0.25) is 0 Å². The van der Waals surface area contributed by atoms with Crippen LogP contribution in [0, 0.1) is 0 Å². The summed E-state index contributed by atoms with van der Waals surface area (Å²) in [5.74, 6) is 2.07. The topological polar surface area (TPSA) is 38.7 Å². The predicted octanol–water partition coefficient (Wildman–Crippen LogP) is 0.369. The second-order valence-corrected chi connectivity index (χ2v) is 6.15. The van der Waals surface area contributed by atoms with E-state index in [-0.39, 0.29) is 0 Å². The zero-order valence-electron chi connectivity index (χ0n) is 13.4. The maximum Gasteiger partial charge on any atom is 0.134 e. The van der Waals surface area contributed by atoms with Crippen LogP contribution in [0.5, 0.6) is 0 Å². The monoisotopic (exact) mass is 290 g/mol. The standard InChI is InChI=1S/C15H26N6/c1-4-19(3)14-9-15(17-12-16-14)21-8-7-20-6-5-18(2)10-13(20)11-21/h9,12-13H,4-8,10-11H2,1-3H3. The van der Waals surface area contributed by atoms with Gasteiger partial charge >= 0.3 is 0 Å². The minimum Gasteiger partial charge on any atom is -0.360 e. The Hall–Kier alpha value is -1.40. The van der Waals surface area contributed by atoms with E-state index in [4.69, 9.17) is 0 Å². The number of anilines is 2. The summed E-state index contributed by atoms with van der Waals surface area (Å²) in [6, 6.07) is 2.74. The van der Waals surface area contributed by atoms with Gasteiger partial charge in [-0.15, -0.1) is 0 Å². The first-order valence-corrected chi connectivity index (χ1v) is 7.88. The van der Waals surface area contributed by atoms with E-state index in [0.29, 0.717) is 6.04 Å². The molecule has 2 saturated heterocycles. The van der Waals surface area contributed by atoms with Crippen LogP contribution in [0.4, 0.5) is 11.6 Å². The van der Waals surface area contributed by atoms with Crippen molar-refractivity contribution in [1.82, 2.24) is 19.8 Å². The van der Waals surface area contributed by atoms with Crippen LogP contribution in [0.3, 0.4) is 0 Å². The molecule has 0 aliphatic carbocycles. The molecule has 1 atom stereocenters. The SMILES string of the molecule is CCN(C)c1cc(N2CCN3CCN(C)CC3C2)ncn1. The van der Waals surface area contributed by atoms with Gasteiger partial charge in [0.1, 0.15) is 18.0 Å². The number of piperazine rings is 2. The average molecular weight is 290 g/mol. The molecule has 3 heterocycles. The fourth-order valence-electron chi connectivity index (χ4n) is 3.20. The molecular weight excluding hydrogens is 264 g/mol. The number of aromatic nitrogens is 2. The van der Waals surface area contributed by atoms with Gasteiger partial charge in [-0.2, -0.15) is 0 Å². The van der Waals surface area contributed by atoms with Crippen molar-refractivity contribution in [2.45, 2.75) is 13.0 Å². The van der Waals surface area contributed by atoms with Crippen LogP contribution in [-0.2, 0) is 0 Å². The van der Waals surface area contributed by atoms with Gasteiger partial charge in [0.15, 0.2) is 0 Å². The fourth-order valence-corrected chi connectivity index (χ4v) is 3.20. The third-order valence-corrected chi connectivity index (χ3v) is 4.72. The molecule has 2 fully saturated rings.